The predicted molar refractivity (Wildman–Crippen MR) is 110 cm³/mol. The highest BCUT2D eigenvalue weighted by atomic mass is 16.6. The zero-order valence-corrected chi connectivity index (χ0v) is 15.5. The van der Waals surface area contributed by atoms with Gasteiger partial charge in [0.05, 0.1) is 16.2 Å². The Hall–Kier alpha value is -4.46. The molecule has 0 saturated carbocycles. The van der Waals surface area contributed by atoms with Gasteiger partial charge >= 0.3 is 0 Å². The van der Waals surface area contributed by atoms with E-state index in [4.69, 9.17) is 9.40 Å². The number of pyridine rings is 2. The van der Waals surface area contributed by atoms with Crippen LogP contribution in [0.2, 0.25) is 0 Å². The summed E-state index contributed by atoms with van der Waals surface area (Å²) in [6.45, 7) is 0. The Kier molecular flexibility index (Phi) is 4.21. The molecule has 3 heterocycles. The van der Waals surface area contributed by atoms with Crippen molar-refractivity contribution in [2.75, 3.05) is 0 Å². The summed E-state index contributed by atoms with van der Waals surface area (Å²) in [5, 5.41) is 20.4. The molecule has 0 amide bonds. The van der Waals surface area contributed by atoms with E-state index in [0.29, 0.717) is 16.9 Å². The number of nitro groups is 1. The summed E-state index contributed by atoms with van der Waals surface area (Å²) in [6, 6.07) is 21.5. The molecule has 8 nitrogen and oxygen atoms in total. The molecule has 0 aliphatic carbocycles. The third kappa shape index (κ3) is 3.06. The van der Waals surface area contributed by atoms with Crippen molar-refractivity contribution < 1.29 is 9.34 Å². The first kappa shape index (κ1) is 17.6. The fourth-order valence-electron chi connectivity index (χ4n) is 3.24. The first-order chi connectivity index (χ1) is 14.7. The fourth-order valence-corrected chi connectivity index (χ4v) is 3.24. The van der Waals surface area contributed by atoms with E-state index in [9.17, 15) is 10.1 Å². The van der Waals surface area contributed by atoms with E-state index < -0.39 is 4.92 Å². The SMILES string of the molecule is O=[N+]([O-])c1ccccc1-c1nnc(-c2cc3cccnc3nc2-c2ccccc2)o1. The van der Waals surface area contributed by atoms with Gasteiger partial charge in [0.2, 0.25) is 5.89 Å². The van der Waals surface area contributed by atoms with Crippen molar-refractivity contribution in [2.24, 2.45) is 0 Å². The summed E-state index contributed by atoms with van der Waals surface area (Å²) in [7, 11) is 0. The molecule has 2 aromatic carbocycles. The lowest BCUT2D eigenvalue weighted by Gasteiger charge is -2.07. The number of para-hydroxylation sites is 1. The standard InChI is InChI=1S/C22H13N5O3/c28-27(29)18-11-5-4-10-16(18)21-25-26-22(30-21)17-13-15-9-6-12-23-20(15)24-19(17)14-7-2-1-3-8-14/h1-13H. The number of hydrogen-bond acceptors (Lipinski definition) is 7. The Bertz CT molecular complexity index is 1380. The molecule has 0 aliphatic rings. The van der Waals surface area contributed by atoms with Crippen LogP contribution in [-0.4, -0.2) is 25.1 Å². The van der Waals surface area contributed by atoms with E-state index in [-0.39, 0.29) is 23.0 Å². The Morgan fingerprint density at radius 2 is 1.57 bits per heavy atom. The van der Waals surface area contributed by atoms with Crippen molar-refractivity contribution >= 4 is 16.7 Å². The first-order valence-corrected chi connectivity index (χ1v) is 9.09. The van der Waals surface area contributed by atoms with Gasteiger partial charge in [0.1, 0.15) is 5.56 Å². The van der Waals surface area contributed by atoms with Gasteiger partial charge in [-0.1, -0.05) is 42.5 Å². The quantitative estimate of drug-likeness (QED) is 0.314. The molecular weight excluding hydrogens is 382 g/mol. The van der Waals surface area contributed by atoms with Gasteiger partial charge < -0.3 is 4.42 Å². The molecule has 0 aliphatic heterocycles. The number of benzene rings is 2. The second-order valence-corrected chi connectivity index (χ2v) is 6.49. The molecule has 144 valence electrons. The summed E-state index contributed by atoms with van der Waals surface area (Å²) in [5.74, 6) is 0.294. The van der Waals surface area contributed by atoms with Crippen LogP contribution in [0, 0.1) is 10.1 Å². The number of nitro benzene ring substituents is 1. The van der Waals surface area contributed by atoms with E-state index in [1.807, 2.05) is 48.5 Å². The Balaban J connectivity index is 1.70. The van der Waals surface area contributed by atoms with Crippen LogP contribution in [0.15, 0.2) is 83.4 Å². The highest BCUT2D eigenvalue weighted by Crippen LogP contribution is 2.35. The van der Waals surface area contributed by atoms with Crippen LogP contribution in [0.25, 0.3) is 45.2 Å². The van der Waals surface area contributed by atoms with E-state index in [1.165, 1.54) is 6.07 Å². The third-order valence-corrected chi connectivity index (χ3v) is 4.62. The third-order valence-electron chi connectivity index (χ3n) is 4.62. The Morgan fingerprint density at radius 3 is 2.37 bits per heavy atom. The zero-order valence-electron chi connectivity index (χ0n) is 15.5. The largest absolute Gasteiger partial charge is 0.416 e. The fraction of sp³-hybridized carbons (Fsp3) is 0. The molecule has 0 N–H and O–H groups in total. The van der Waals surface area contributed by atoms with Gasteiger partial charge in [-0.05, 0) is 24.3 Å². The Morgan fingerprint density at radius 1 is 0.833 bits per heavy atom. The van der Waals surface area contributed by atoms with Crippen molar-refractivity contribution in [1.82, 2.24) is 20.2 Å². The lowest BCUT2D eigenvalue weighted by atomic mass is 10.0. The number of hydrogen-bond donors (Lipinski definition) is 0. The van der Waals surface area contributed by atoms with Gasteiger partial charge in [-0.2, -0.15) is 0 Å². The van der Waals surface area contributed by atoms with Crippen molar-refractivity contribution in [3.8, 4) is 34.2 Å². The number of nitrogens with zero attached hydrogens (tertiary/aromatic N) is 5. The maximum atomic E-state index is 11.4. The molecule has 5 rings (SSSR count). The predicted octanol–water partition coefficient (Wildman–Crippen LogP) is 4.92. The van der Waals surface area contributed by atoms with Crippen LogP contribution in [0.3, 0.4) is 0 Å². The van der Waals surface area contributed by atoms with Crippen LogP contribution in [0.1, 0.15) is 0 Å². The van der Waals surface area contributed by atoms with Crippen LogP contribution in [-0.2, 0) is 0 Å². The number of rotatable bonds is 4. The minimum Gasteiger partial charge on any atom is -0.416 e. The van der Waals surface area contributed by atoms with Gasteiger partial charge in [-0.25, -0.2) is 9.97 Å². The van der Waals surface area contributed by atoms with Gasteiger partial charge in [0.25, 0.3) is 11.6 Å². The summed E-state index contributed by atoms with van der Waals surface area (Å²) < 4.78 is 5.87. The van der Waals surface area contributed by atoms with Gasteiger partial charge in [0.15, 0.2) is 5.65 Å². The lowest BCUT2D eigenvalue weighted by molar-refractivity contribution is -0.384. The summed E-state index contributed by atoms with van der Waals surface area (Å²) >= 11 is 0. The summed E-state index contributed by atoms with van der Waals surface area (Å²) in [4.78, 5) is 19.9. The molecule has 5 aromatic rings. The second-order valence-electron chi connectivity index (χ2n) is 6.49. The topological polar surface area (TPSA) is 108 Å². The first-order valence-electron chi connectivity index (χ1n) is 9.09. The van der Waals surface area contributed by atoms with Crippen molar-refractivity contribution in [3.05, 3.63) is 89.1 Å². The second kappa shape index (κ2) is 7.17. The summed E-state index contributed by atoms with van der Waals surface area (Å²) in [6.07, 6.45) is 1.68. The van der Waals surface area contributed by atoms with Crippen LogP contribution in [0.4, 0.5) is 5.69 Å². The van der Waals surface area contributed by atoms with E-state index in [2.05, 4.69) is 15.2 Å². The highest BCUT2D eigenvalue weighted by molar-refractivity contribution is 5.88. The maximum Gasteiger partial charge on any atom is 0.282 e. The Labute approximate surface area is 170 Å². The van der Waals surface area contributed by atoms with Crippen LogP contribution in [0.5, 0.6) is 0 Å². The smallest absolute Gasteiger partial charge is 0.282 e. The molecule has 30 heavy (non-hydrogen) atoms. The molecule has 0 fully saturated rings. The van der Waals surface area contributed by atoms with Gasteiger partial charge in [-0.3, -0.25) is 10.1 Å². The molecule has 0 spiro atoms. The zero-order chi connectivity index (χ0) is 20.5. The molecule has 3 aromatic heterocycles. The minimum atomic E-state index is -0.474. The molecule has 0 radical (unpaired) electrons. The molecule has 0 bridgehead atoms. The van der Waals surface area contributed by atoms with E-state index >= 15 is 0 Å². The van der Waals surface area contributed by atoms with E-state index in [1.54, 1.807) is 24.4 Å². The van der Waals surface area contributed by atoms with Crippen LogP contribution >= 0.6 is 0 Å². The van der Waals surface area contributed by atoms with Gasteiger partial charge in [0, 0.05) is 23.2 Å². The monoisotopic (exact) mass is 395 g/mol. The highest BCUT2D eigenvalue weighted by Gasteiger charge is 2.22. The number of aromatic nitrogens is 4. The normalized spacial score (nSPS) is 10.9. The number of fused-ring (bicyclic) bond motifs is 1. The minimum absolute atomic E-state index is 0.0718. The molecule has 8 heteroatoms. The molecule has 0 atom stereocenters. The van der Waals surface area contributed by atoms with Gasteiger partial charge in [-0.15, -0.1) is 10.2 Å². The average Bonchev–Trinajstić information content (AvgIpc) is 3.29. The van der Waals surface area contributed by atoms with Crippen molar-refractivity contribution in [3.63, 3.8) is 0 Å². The van der Waals surface area contributed by atoms with Crippen molar-refractivity contribution in [1.29, 1.82) is 0 Å². The average molecular weight is 395 g/mol. The molecular formula is C22H13N5O3. The maximum absolute atomic E-state index is 11.4. The van der Waals surface area contributed by atoms with E-state index in [0.717, 1.165) is 10.9 Å². The van der Waals surface area contributed by atoms with Crippen molar-refractivity contribution in [2.45, 2.75) is 0 Å². The molecule has 0 unspecified atom stereocenters. The summed E-state index contributed by atoms with van der Waals surface area (Å²) in [5.41, 5.74) is 2.89. The van der Waals surface area contributed by atoms with Crippen LogP contribution < -0.4 is 0 Å². The lowest BCUT2D eigenvalue weighted by Crippen LogP contribution is -1.93. The molecule has 0 saturated heterocycles.